The van der Waals surface area contributed by atoms with Crippen molar-refractivity contribution in [3.63, 3.8) is 0 Å². The van der Waals surface area contributed by atoms with Crippen molar-refractivity contribution in [3.8, 4) is 0 Å². The molecule has 0 bridgehead atoms. The summed E-state index contributed by atoms with van der Waals surface area (Å²) in [6, 6.07) is 0.864. The molecule has 0 aromatic rings. The molecular weight excluding hydrogens is 160 g/mol. The van der Waals surface area contributed by atoms with Crippen LogP contribution in [0.25, 0.3) is 0 Å². The minimum Gasteiger partial charge on any atom is -0.316 e. The van der Waals surface area contributed by atoms with Crippen LogP contribution in [0, 0.1) is 11.8 Å². The van der Waals surface area contributed by atoms with Crippen molar-refractivity contribution >= 4 is 0 Å². The van der Waals surface area contributed by atoms with Crippen LogP contribution in [0.3, 0.4) is 0 Å². The lowest BCUT2D eigenvalue weighted by molar-refractivity contribution is 0.147. The van der Waals surface area contributed by atoms with Crippen LogP contribution in [-0.2, 0) is 0 Å². The van der Waals surface area contributed by atoms with Gasteiger partial charge in [0.1, 0.15) is 0 Å². The van der Waals surface area contributed by atoms with Gasteiger partial charge in [-0.25, -0.2) is 0 Å². The van der Waals surface area contributed by atoms with Crippen molar-refractivity contribution in [2.24, 2.45) is 11.8 Å². The number of hydrogen-bond acceptors (Lipinski definition) is 2. The molecule has 1 N–H and O–H groups in total. The molecule has 0 saturated carbocycles. The lowest BCUT2D eigenvalue weighted by Crippen LogP contribution is -2.45. The molecule has 2 nitrogen and oxygen atoms in total. The zero-order valence-corrected chi connectivity index (χ0v) is 8.92. The van der Waals surface area contributed by atoms with Gasteiger partial charge in [-0.3, -0.25) is 0 Å². The molecule has 2 saturated heterocycles. The SMILES string of the molecule is CC1CCNCC1C1CCCN1C. The normalized spacial score (nSPS) is 42.5. The summed E-state index contributed by atoms with van der Waals surface area (Å²) in [4.78, 5) is 2.56. The van der Waals surface area contributed by atoms with E-state index in [4.69, 9.17) is 0 Å². The van der Waals surface area contributed by atoms with Crippen molar-refractivity contribution in [1.29, 1.82) is 0 Å². The van der Waals surface area contributed by atoms with E-state index in [-0.39, 0.29) is 0 Å². The van der Waals surface area contributed by atoms with Crippen molar-refractivity contribution in [2.45, 2.75) is 32.2 Å². The number of nitrogens with zero attached hydrogens (tertiary/aromatic N) is 1. The minimum absolute atomic E-state index is 0.864. The zero-order chi connectivity index (χ0) is 9.26. The summed E-state index contributed by atoms with van der Waals surface area (Å²) in [6.07, 6.45) is 4.20. The van der Waals surface area contributed by atoms with Crippen molar-refractivity contribution in [3.05, 3.63) is 0 Å². The van der Waals surface area contributed by atoms with Gasteiger partial charge in [0, 0.05) is 6.04 Å². The summed E-state index contributed by atoms with van der Waals surface area (Å²) in [5.74, 6) is 1.83. The minimum atomic E-state index is 0.864. The second kappa shape index (κ2) is 3.97. The molecular formula is C11H22N2. The van der Waals surface area contributed by atoms with Crippen LogP contribution < -0.4 is 5.32 Å². The van der Waals surface area contributed by atoms with Gasteiger partial charge in [-0.2, -0.15) is 0 Å². The molecule has 0 aromatic carbocycles. The first-order valence-electron chi connectivity index (χ1n) is 5.70. The fraction of sp³-hybridized carbons (Fsp3) is 1.00. The van der Waals surface area contributed by atoms with E-state index in [1.807, 2.05) is 0 Å². The van der Waals surface area contributed by atoms with Gasteiger partial charge >= 0.3 is 0 Å². The Bertz CT molecular complexity index is 169. The van der Waals surface area contributed by atoms with Gasteiger partial charge in [-0.1, -0.05) is 6.92 Å². The maximum Gasteiger partial charge on any atom is 0.0136 e. The molecule has 0 amide bonds. The summed E-state index contributed by atoms with van der Waals surface area (Å²) in [7, 11) is 2.29. The van der Waals surface area contributed by atoms with E-state index in [0.29, 0.717) is 0 Å². The zero-order valence-electron chi connectivity index (χ0n) is 8.92. The van der Waals surface area contributed by atoms with Crippen LogP contribution in [0.4, 0.5) is 0 Å². The van der Waals surface area contributed by atoms with Gasteiger partial charge in [0.25, 0.3) is 0 Å². The topological polar surface area (TPSA) is 15.3 Å². The number of hydrogen-bond donors (Lipinski definition) is 1. The standard InChI is InChI=1S/C11H22N2/c1-9-5-6-12-8-10(9)11-4-3-7-13(11)2/h9-12H,3-8H2,1-2H3. The van der Waals surface area contributed by atoms with Crippen molar-refractivity contribution < 1.29 is 0 Å². The van der Waals surface area contributed by atoms with Gasteiger partial charge in [-0.15, -0.1) is 0 Å². The fourth-order valence-corrected chi connectivity index (χ4v) is 3.01. The molecule has 13 heavy (non-hydrogen) atoms. The maximum absolute atomic E-state index is 3.54. The van der Waals surface area contributed by atoms with Gasteiger partial charge in [0.2, 0.25) is 0 Å². The van der Waals surface area contributed by atoms with E-state index in [1.54, 1.807) is 0 Å². The van der Waals surface area contributed by atoms with Crippen molar-refractivity contribution in [2.75, 3.05) is 26.7 Å². The third-order valence-corrected chi connectivity index (χ3v) is 3.96. The molecule has 0 aliphatic carbocycles. The second-order valence-electron chi connectivity index (χ2n) is 4.82. The summed E-state index contributed by atoms with van der Waals surface area (Å²) < 4.78 is 0. The van der Waals surface area contributed by atoms with E-state index in [2.05, 4.69) is 24.2 Å². The lowest BCUT2D eigenvalue weighted by Gasteiger charge is -2.37. The number of piperidine rings is 1. The van der Waals surface area contributed by atoms with Crippen LogP contribution in [0.5, 0.6) is 0 Å². The predicted octanol–water partition coefficient (Wildman–Crippen LogP) is 1.33. The smallest absolute Gasteiger partial charge is 0.0136 e. The molecule has 0 radical (unpaired) electrons. The molecule has 2 heteroatoms. The average molecular weight is 182 g/mol. The molecule has 2 aliphatic rings. The van der Waals surface area contributed by atoms with Gasteiger partial charge in [0.15, 0.2) is 0 Å². The molecule has 2 heterocycles. The first-order chi connectivity index (χ1) is 6.29. The van der Waals surface area contributed by atoms with Crippen LogP contribution in [0.2, 0.25) is 0 Å². The average Bonchev–Trinajstić information content (AvgIpc) is 2.52. The third kappa shape index (κ3) is 1.89. The van der Waals surface area contributed by atoms with Crippen LogP contribution in [0.1, 0.15) is 26.2 Å². The Balaban J connectivity index is 1.97. The highest BCUT2D eigenvalue weighted by Gasteiger charge is 2.33. The Kier molecular flexibility index (Phi) is 2.89. The summed E-state index contributed by atoms with van der Waals surface area (Å²) in [6.45, 7) is 6.22. The monoisotopic (exact) mass is 182 g/mol. The highest BCUT2D eigenvalue weighted by molar-refractivity contribution is 4.89. The molecule has 3 atom stereocenters. The highest BCUT2D eigenvalue weighted by Crippen LogP contribution is 2.30. The fourth-order valence-electron chi connectivity index (χ4n) is 3.01. The second-order valence-corrected chi connectivity index (χ2v) is 4.82. The molecule has 0 spiro atoms. The van der Waals surface area contributed by atoms with E-state index < -0.39 is 0 Å². The summed E-state index contributed by atoms with van der Waals surface area (Å²) in [5, 5.41) is 3.54. The maximum atomic E-state index is 3.54. The lowest BCUT2D eigenvalue weighted by atomic mass is 9.82. The summed E-state index contributed by atoms with van der Waals surface area (Å²) >= 11 is 0. The Hall–Kier alpha value is -0.0800. The number of nitrogens with one attached hydrogen (secondary N) is 1. The van der Waals surface area contributed by atoms with E-state index in [9.17, 15) is 0 Å². The molecule has 2 rings (SSSR count). The molecule has 76 valence electrons. The van der Waals surface area contributed by atoms with Crippen molar-refractivity contribution in [1.82, 2.24) is 10.2 Å². The molecule has 2 aliphatic heterocycles. The molecule has 3 unspecified atom stereocenters. The van der Waals surface area contributed by atoms with Crippen LogP contribution in [-0.4, -0.2) is 37.6 Å². The first-order valence-corrected chi connectivity index (χ1v) is 5.70. The Labute approximate surface area is 81.7 Å². The molecule has 0 aromatic heterocycles. The van der Waals surface area contributed by atoms with Crippen LogP contribution in [0.15, 0.2) is 0 Å². The third-order valence-electron chi connectivity index (χ3n) is 3.96. The van der Waals surface area contributed by atoms with Crippen LogP contribution >= 0.6 is 0 Å². The van der Waals surface area contributed by atoms with E-state index in [0.717, 1.165) is 17.9 Å². The predicted molar refractivity (Wildman–Crippen MR) is 55.8 cm³/mol. The largest absolute Gasteiger partial charge is 0.316 e. The van der Waals surface area contributed by atoms with Gasteiger partial charge < -0.3 is 10.2 Å². The Morgan fingerprint density at radius 2 is 2.15 bits per heavy atom. The van der Waals surface area contributed by atoms with Gasteiger partial charge in [0.05, 0.1) is 0 Å². The number of likely N-dealkylation sites (tertiary alicyclic amines) is 1. The number of rotatable bonds is 1. The summed E-state index contributed by atoms with van der Waals surface area (Å²) in [5.41, 5.74) is 0. The highest BCUT2D eigenvalue weighted by atomic mass is 15.2. The molecule has 2 fully saturated rings. The Morgan fingerprint density at radius 3 is 2.77 bits per heavy atom. The Morgan fingerprint density at radius 1 is 1.31 bits per heavy atom. The first kappa shape index (κ1) is 9.47. The van der Waals surface area contributed by atoms with E-state index in [1.165, 1.54) is 38.9 Å². The quantitative estimate of drug-likeness (QED) is 0.658. The van der Waals surface area contributed by atoms with E-state index >= 15 is 0 Å². The van der Waals surface area contributed by atoms with Gasteiger partial charge in [-0.05, 0) is 57.8 Å².